The number of ether oxygens (including phenoxy) is 1. The fourth-order valence-corrected chi connectivity index (χ4v) is 2.82. The number of nitrogens with two attached hydrogens (primary N) is 1. The smallest absolute Gasteiger partial charge is 0.127 e. The third kappa shape index (κ3) is 2.84. The van der Waals surface area contributed by atoms with Crippen LogP contribution in [0.4, 0.5) is 0 Å². The fourth-order valence-electron chi connectivity index (χ4n) is 2.09. The summed E-state index contributed by atoms with van der Waals surface area (Å²) in [6.45, 7) is 3.56. The average molecular weight is 329 g/mol. The molecule has 0 radical (unpaired) electrons. The van der Waals surface area contributed by atoms with Crippen LogP contribution in [-0.4, -0.2) is 29.6 Å². The van der Waals surface area contributed by atoms with Gasteiger partial charge in [0.15, 0.2) is 0 Å². The van der Waals surface area contributed by atoms with E-state index in [4.69, 9.17) is 22.7 Å². The maximum Gasteiger partial charge on any atom is 0.127 e. The molecule has 1 atom stereocenters. The van der Waals surface area contributed by atoms with Gasteiger partial charge in [0.25, 0.3) is 0 Å². The van der Waals surface area contributed by atoms with Gasteiger partial charge in [0.05, 0.1) is 17.6 Å². The lowest BCUT2D eigenvalue weighted by atomic mass is 10.1. The molecule has 0 saturated carbocycles. The van der Waals surface area contributed by atoms with Gasteiger partial charge in [0.1, 0.15) is 5.75 Å². The monoisotopic (exact) mass is 328 g/mol. The highest BCUT2D eigenvalue weighted by Crippen LogP contribution is 2.33. The van der Waals surface area contributed by atoms with Gasteiger partial charge >= 0.3 is 0 Å². The Hall–Kier alpha value is -0.650. The Morgan fingerprint density at radius 2 is 2.33 bits per heavy atom. The molecule has 1 aliphatic rings. The van der Waals surface area contributed by atoms with Crippen molar-refractivity contribution in [2.24, 2.45) is 5.73 Å². The normalized spacial score (nSPS) is 15.3. The molecule has 18 heavy (non-hydrogen) atoms. The van der Waals surface area contributed by atoms with Crippen LogP contribution in [0.5, 0.6) is 5.75 Å². The van der Waals surface area contributed by atoms with Crippen LogP contribution in [0.2, 0.25) is 0 Å². The van der Waals surface area contributed by atoms with Gasteiger partial charge in [-0.3, -0.25) is 4.90 Å². The predicted octanol–water partition coefficient (Wildman–Crippen LogP) is 2.49. The van der Waals surface area contributed by atoms with Crippen LogP contribution in [0.3, 0.4) is 0 Å². The number of nitrogens with zero attached hydrogens (tertiary/aromatic N) is 1. The minimum Gasteiger partial charge on any atom is -0.493 e. The van der Waals surface area contributed by atoms with E-state index in [9.17, 15) is 0 Å². The van der Waals surface area contributed by atoms with Crippen LogP contribution < -0.4 is 10.5 Å². The number of rotatable bonds is 4. The van der Waals surface area contributed by atoms with E-state index in [-0.39, 0.29) is 6.04 Å². The number of halogens is 1. The van der Waals surface area contributed by atoms with E-state index in [1.165, 1.54) is 11.1 Å². The van der Waals surface area contributed by atoms with Crippen molar-refractivity contribution in [3.05, 3.63) is 27.7 Å². The summed E-state index contributed by atoms with van der Waals surface area (Å²) >= 11 is 8.58. The van der Waals surface area contributed by atoms with Crippen LogP contribution in [0.15, 0.2) is 16.6 Å². The molecule has 0 saturated heterocycles. The van der Waals surface area contributed by atoms with Crippen LogP contribution in [0.1, 0.15) is 18.1 Å². The van der Waals surface area contributed by atoms with Crippen molar-refractivity contribution in [2.75, 3.05) is 13.7 Å². The van der Waals surface area contributed by atoms with E-state index in [0.29, 0.717) is 4.99 Å². The molecule has 1 heterocycles. The average Bonchev–Trinajstić information content (AvgIpc) is 2.75. The first-order valence-corrected chi connectivity index (χ1v) is 7.13. The lowest BCUT2D eigenvalue weighted by Crippen LogP contribution is -2.38. The Kier molecular flexibility index (Phi) is 4.25. The summed E-state index contributed by atoms with van der Waals surface area (Å²) in [6, 6.07) is 4.31. The molecular formula is C13H17BrN2OS. The van der Waals surface area contributed by atoms with Crippen molar-refractivity contribution in [3.63, 3.8) is 0 Å². The summed E-state index contributed by atoms with van der Waals surface area (Å²) in [4.78, 5) is 2.65. The van der Waals surface area contributed by atoms with Crippen LogP contribution in [0.25, 0.3) is 0 Å². The van der Waals surface area contributed by atoms with Gasteiger partial charge in [0, 0.05) is 23.0 Å². The first-order valence-electron chi connectivity index (χ1n) is 5.92. The summed E-state index contributed by atoms with van der Waals surface area (Å²) < 4.78 is 6.81. The maximum absolute atomic E-state index is 5.71. The third-order valence-corrected chi connectivity index (χ3v) is 4.12. The van der Waals surface area contributed by atoms with E-state index in [2.05, 4.69) is 33.0 Å². The zero-order valence-corrected chi connectivity index (χ0v) is 13.0. The Labute approximate surface area is 121 Å². The molecule has 1 aromatic rings. The standard InChI is InChI=1S/C13H17BrN2OS/c1-8(13(15)18)16(2)7-10-6-11(14)5-9-3-4-17-12(9)10/h5-6,8H,3-4,7H2,1-2H3,(H2,15,18). The zero-order chi connectivity index (χ0) is 13.3. The second-order valence-electron chi connectivity index (χ2n) is 4.65. The number of fused-ring (bicyclic) bond motifs is 1. The van der Waals surface area contributed by atoms with Crippen molar-refractivity contribution in [3.8, 4) is 5.75 Å². The molecular weight excluding hydrogens is 312 g/mol. The van der Waals surface area contributed by atoms with E-state index >= 15 is 0 Å². The first kappa shape index (κ1) is 13.8. The molecule has 0 aromatic heterocycles. The molecule has 2 rings (SSSR count). The molecule has 2 N–H and O–H groups in total. The second-order valence-corrected chi connectivity index (χ2v) is 6.03. The van der Waals surface area contributed by atoms with Gasteiger partial charge in [-0.2, -0.15) is 0 Å². The van der Waals surface area contributed by atoms with Crippen molar-refractivity contribution < 1.29 is 4.74 Å². The molecule has 1 aromatic carbocycles. The maximum atomic E-state index is 5.71. The molecule has 3 nitrogen and oxygen atoms in total. The molecule has 98 valence electrons. The van der Waals surface area contributed by atoms with E-state index in [1.807, 2.05) is 14.0 Å². The number of hydrogen-bond acceptors (Lipinski definition) is 3. The number of thiocarbonyl (C=S) groups is 1. The first-order chi connectivity index (χ1) is 8.49. The molecule has 0 amide bonds. The lowest BCUT2D eigenvalue weighted by Gasteiger charge is -2.24. The van der Waals surface area contributed by atoms with Gasteiger partial charge in [0.2, 0.25) is 0 Å². The largest absolute Gasteiger partial charge is 0.493 e. The Morgan fingerprint density at radius 3 is 3.00 bits per heavy atom. The van der Waals surface area contributed by atoms with Crippen LogP contribution >= 0.6 is 28.1 Å². The van der Waals surface area contributed by atoms with Crippen LogP contribution in [0, 0.1) is 0 Å². The minimum absolute atomic E-state index is 0.0797. The lowest BCUT2D eigenvalue weighted by molar-refractivity contribution is 0.293. The van der Waals surface area contributed by atoms with E-state index < -0.39 is 0 Å². The molecule has 1 aliphatic heterocycles. The highest BCUT2D eigenvalue weighted by Gasteiger charge is 2.20. The number of benzene rings is 1. The number of hydrogen-bond donors (Lipinski definition) is 1. The summed E-state index contributed by atoms with van der Waals surface area (Å²) in [5.74, 6) is 1.03. The molecule has 5 heteroatoms. The van der Waals surface area contributed by atoms with E-state index in [1.54, 1.807) is 0 Å². The highest BCUT2D eigenvalue weighted by molar-refractivity contribution is 9.10. The van der Waals surface area contributed by atoms with Gasteiger partial charge < -0.3 is 10.5 Å². The van der Waals surface area contributed by atoms with Gasteiger partial charge in [-0.25, -0.2) is 0 Å². The second kappa shape index (κ2) is 5.55. The number of likely N-dealkylation sites (N-methyl/N-ethyl adjacent to an activating group) is 1. The van der Waals surface area contributed by atoms with Crippen molar-refractivity contribution in [1.29, 1.82) is 0 Å². The molecule has 1 unspecified atom stereocenters. The highest BCUT2D eigenvalue weighted by atomic mass is 79.9. The summed E-state index contributed by atoms with van der Waals surface area (Å²) in [5, 5.41) is 0. The molecule has 0 spiro atoms. The minimum atomic E-state index is 0.0797. The van der Waals surface area contributed by atoms with Crippen molar-refractivity contribution in [2.45, 2.75) is 25.9 Å². The quantitative estimate of drug-likeness (QED) is 0.862. The van der Waals surface area contributed by atoms with E-state index in [0.717, 1.165) is 29.8 Å². The van der Waals surface area contributed by atoms with Crippen molar-refractivity contribution >= 4 is 33.1 Å². The molecule has 0 aliphatic carbocycles. The Balaban J connectivity index is 2.22. The predicted molar refractivity (Wildman–Crippen MR) is 81.1 cm³/mol. The van der Waals surface area contributed by atoms with Crippen LogP contribution in [-0.2, 0) is 13.0 Å². The van der Waals surface area contributed by atoms with Gasteiger partial charge in [-0.05, 0) is 31.7 Å². The fraction of sp³-hybridized carbons (Fsp3) is 0.462. The zero-order valence-electron chi connectivity index (χ0n) is 10.6. The summed E-state index contributed by atoms with van der Waals surface area (Å²) in [7, 11) is 2.02. The molecule has 0 fully saturated rings. The Morgan fingerprint density at radius 1 is 1.61 bits per heavy atom. The van der Waals surface area contributed by atoms with Crippen molar-refractivity contribution in [1.82, 2.24) is 4.90 Å². The summed E-state index contributed by atoms with van der Waals surface area (Å²) in [5.41, 5.74) is 8.14. The van der Waals surface area contributed by atoms with Gasteiger partial charge in [-0.1, -0.05) is 28.1 Å². The summed E-state index contributed by atoms with van der Waals surface area (Å²) in [6.07, 6.45) is 0.982. The Bertz CT molecular complexity index is 478. The topological polar surface area (TPSA) is 38.5 Å². The molecule has 0 bridgehead atoms. The SMILES string of the molecule is CC(C(N)=S)N(C)Cc1cc(Br)cc2c1OCC2. The van der Waals surface area contributed by atoms with Gasteiger partial charge in [-0.15, -0.1) is 0 Å². The third-order valence-electron chi connectivity index (χ3n) is 3.32.